The third kappa shape index (κ3) is 3.17. The number of hydrogen-bond donors (Lipinski definition) is 0. The first-order chi connectivity index (χ1) is 12.7. The van der Waals surface area contributed by atoms with Gasteiger partial charge < -0.3 is 9.32 Å². The molecule has 0 unspecified atom stereocenters. The van der Waals surface area contributed by atoms with Crippen molar-refractivity contribution in [1.82, 2.24) is 4.57 Å². The number of fused-ring (bicyclic) bond motifs is 1. The standard InChI is InChI=1S/C21H22N2O3/c24-20(15-22-18-13-7-8-14-19(18)26-21(22)25)23(16-9-3-1-4-10-16)17-11-5-2-6-12-17/h1,3-4,7-10,13-14,17H,2,5-6,11-12,15H2. The van der Waals surface area contributed by atoms with E-state index in [1.54, 1.807) is 12.1 Å². The zero-order valence-electron chi connectivity index (χ0n) is 14.6. The Labute approximate surface area is 151 Å². The summed E-state index contributed by atoms with van der Waals surface area (Å²) in [6.45, 7) is -0.0127. The highest BCUT2D eigenvalue weighted by atomic mass is 16.4. The van der Waals surface area contributed by atoms with E-state index in [1.165, 1.54) is 11.0 Å². The molecule has 0 atom stereocenters. The second kappa shape index (κ2) is 7.20. The molecule has 1 aromatic heterocycles. The first kappa shape index (κ1) is 16.6. The Morgan fingerprint density at radius 1 is 1.00 bits per heavy atom. The number of aromatic nitrogens is 1. The fourth-order valence-corrected chi connectivity index (χ4v) is 3.86. The summed E-state index contributed by atoms with van der Waals surface area (Å²) in [6, 6.07) is 17.1. The summed E-state index contributed by atoms with van der Waals surface area (Å²) in [5, 5.41) is 0. The van der Waals surface area contributed by atoms with E-state index in [-0.39, 0.29) is 18.5 Å². The predicted octanol–water partition coefficient (Wildman–Crippen LogP) is 3.96. The zero-order valence-corrected chi connectivity index (χ0v) is 14.6. The van der Waals surface area contributed by atoms with E-state index >= 15 is 0 Å². The summed E-state index contributed by atoms with van der Waals surface area (Å²) in [7, 11) is 0. The fourth-order valence-electron chi connectivity index (χ4n) is 3.86. The van der Waals surface area contributed by atoms with Crippen LogP contribution in [0.2, 0.25) is 0 Å². The Morgan fingerprint density at radius 3 is 2.46 bits per heavy atom. The third-order valence-electron chi connectivity index (χ3n) is 5.11. The van der Waals surface area contributed by atoms with Crippen LogP contribution < -0.4 is 10.7 Å². The number of benzene rings is 2. The van der Waals surface area contributed by atoms with Gasteiger partial charge in [0.15, 0.2) is 5.58 Å². The van der Waals surface area contributed by atoms with Crippen molar-refractivity contribution in [3.63, 3.8) is 0 Å². The van der Waals surface area contributed by atoms with Crippen LogP contribution in [0.1, 0.15) is 32.1 Å². The van der Waals surface area contributed by atoms with Crippen LogP contribution in [0.3, 0.4) is 0 Å². The Hall–Kier alpha value is -2.82. The Morgan fingerprint density at radius 2 is 1.69 bits per heavy atom. The number of nitrogens with zero attached hydrogens (tertiary/aromatic N) is 2. The van der Waals surface area contributed by atoms with Crippen LogP contribution >= 0.6 is 0 Å². The van der Waals surface area contributed by atoms with Crippen LogP contribution in [0.15, 0.2) is 63.8 Å². The van der Waals surface area contributed by atoms with Gasteiger partial charge in [-0.15, -0.1) is 0 Å². The second-order valence-corrected chi connectivity index (χ2v) is 6.81. The summed E-state index contributed by atoms with van der Waals surface area (Å²) >= 11 is 0. The molecule has 26 heavy (non-hydrogen) atoms. The van der Waals surface area contributed by atoms with Gasteiger partial charge in [0, 0.05) is 11.7 Å². The highest BCUT2D eigenvalue weighted by Crippen LogP contribution is 2.28. The van der Waals surface area contributed by atoms with Gasteiger partial charge in [-0.1, -0.05) is 49.6 Å². The van der Waals surface area contributed by atoms with Gasteiger partial charge in [0.05, 0.1) is 5.52 Å². The highest BCUT2D eigenvalue weighted by Gasteiger charge is 2.27. The van der Waals surface area contributed by atoms with Gasteiger partial charge in [-0.05, 0) is 37.1 Å². The average Bonchev–Trinajstić information content (AvgIpc) is 2.99. The maximum Gasteiger partial charge on any atom is 0.420 e. The summed E-state index contributed by atoms with van der Waals surface area (Å²) < 4.78 is 6.69. The van der Waals surface area contributed by atoms with Gasteiger partial charge in [0.1, 0.15) is 6.54 Å². The van der Waals surface area contributed by atoms with E-state index < -0.39 is 5.76 Å². The third-order valence-corrected chi connectivity index (χ3v) is 5.11. The maximum atomic E-state index is 13.2. The van der Waals surface area contributed by atoms with Crippen LogP contribution in [0, 0.1) is 0 Å². The number of carbonyl (C=O) groups is 1. The quantitative estimate of drug-likeness (QED) is 0.716. The molecular formula is C21H22N2O3. The van der Waals surface area contributed by atoms with Gasteiger partial charge in [-0.25, -0.2) is 4.79 Å². The molecule has 1 aliphatic rings. The summed E-state index contributed by atoms with van der Waals surface area (Å²) in [5.41, 5.74) is 2.06. The van der Waals surface area contributed by atoms with Crippen molar-refractivity contribution in [3.8, 4) is 0 Å². The molecule has 134 valence electrons. The van der Waals surface area contributed by atoms with Crippen molar-refractivity contribution in [2.45, 2.75) is 44.7 Å². The fraction of sp³-hybridized carbons (Fsp3) is 0.333. The molecule has 0 bridgehead atoms. The van der Waals surface area contributed by atoms with Crippen molar-refractivity contribution in [1.29, 1.82) is 0 Å². The van der Waals surface area contributed by atoms with Gasteiger partial charge in [0.2, 0.25) is 5.91 Å². The molecule has 2 aromatic carbocycles. The molecule has 1 fully saturated rings. The lowest BCUT2D eigenvalue weighted by molar-refractivity contribution is -0.119. The predicted molar refractivity (Wildman–Crippen MR) is 101 cm³/mol. The van der Waals surface area contributed by atoms with Gasteiger partial charge in [-0.3, -0.25) is 9.36 Å². The van der Waals surface area contributed by atoms with E-state index in [1.807, 2.05) is 47.4 Å². The maximum absolute atomic E-state index is 13.2. The van der Waals surface area contributed by atoms with E-state index in [2.05, 4.69) is 0 Å². The molecule has 0 spiro atoms. The Kier molecular flexibility index (Phi) is 4.61. The average molecular weight is 350 g/mol. The number of rotatable bonds is 4. The lowest BCUT2D eigenvalue weighted by Gasteiger charge is -2.34. The lowest BCUT2D eigenvalue weighted by atomic mass is 9.93. The second-order valence-electron chi connectivity index (χ2n) is 6.81. The van der Waals surface area contributed by atoms with Gasteiger partial charge >= 0.3 is 5.76 Å². The Balaban J connectivity index is 1.68. The molecule has 0 N–H and O–H groups in total. The van der Waals surface area contributed by atoms with E-state index in [0.717, 1.165) is 31.4 Å². The number of hydrogen-bond acceptors (Lipinski definition) is 3. The van der Waals surface area contributed by atoms with Crippen LogP contribution in [-0.2, 0) is 11.3 Å². The summed E-state index contributed by atoms with van der Waals surface area (Å²) in [4.78, 5) is 27.3. The first-order valence-corrected chi connectivity index (χ1v) is 9.19. The van der Waals surface area contributed by atoms with Crippen LogP contribution in [-0.4, -0.2) is 16.5 Å². The topological polar surface area (TPSA) is 55.5 Å². The highest BCUT2D eigenvalue weighted by molar-refractivity contribution is 5.94. The molecule has 1 heterocycles. The normalized spacial score (nSPS) is 15.2. The largest absolute Gasteiger partial charge is 0.420 e. The van der Waals surface area contributed by atoms with Crippen LogP contribution in [0.25, 0.3) is 11.1 Å². The van der Waals surface area contributed by atoms with Crippen LogP contribution in [0.4, 0.5) is 5.69 Å². The van der Waals surface area contributed by atoms with E-state index in [0.29, 0.717) is 11.1 Å². The van der Waals surface area contributed by atoms with Gasteiger partial charge in [0.25, 0.3) is 0 Å². The van der Waals surface area contributed by atoms with Crippen molar-refractivity contribution < 1.29 is 9.21 Å². The minimum atomic E-state index is -0.490. The van der Waals surface area contributed by atoms with E-state index in [4.69, 9.17) is 4.42 Å². The smallest absolute Gasteiger partial charge is 0.408 e. The van der Waals surface area contributed by atoms with Crippen molar-refractivity contribution in [2.75, 3.05) is 4.90 Å². The Bertz CT molecular complexity index is 952. The molecular weight excluding hydrogens is 328 g/mol. The number of para-hydroxylation sites is 3. The summed E-state index contributed by atoms with van der Waals surface area (Å²) in [6.07, 6.45) is 5.49. The molecule has 1 amide bonds. The lowest BCUT2D eigenvalue weighted by Crippen LogP contribution is -2.44. The molecule has 0 aliphatic heterocycles. The van der Waals surface area contributed by atoms with E-state index in [9.17, 15) is 9.59 Å². The zero-order chi connectivity index (χ0) is 17.9. The first-order valence-electron chi connectivity index (χ1n) is 9.19. The monoisotopic (exact) mass is 350 g/mol. The molecule has 4 rings (SSSR count). The number of oxazole rings is 1. The molecule has 5 nitrogen and oxygen atoms in total. The van der Waals surface area contributed by atoms with Crippen molar-refractivity contribution in [3.05, 3.63) is 65.1 Å². The number of amides is 1. The molecule has 0 radical (unpaired) electrons. The minimum absolute atomic E-state index is 0.0127. The molecule has 0 saturated heterocycles. The van der Waals surface area contributed by atoms with Crippen molar-refractivity contribution >= 4 is 22.7 Å². The number of carbonyl (C=O) groups excluding carboxylic acids is 1. The molecule has 3 aromatic rings. The summed E-state index contributed by atoms with van der Waals surface area (Å²) in [5.74, 6) is -0.562. The van der Waals surface area contributed by atoms with Crippen LogP contribution in [0.5, 0.6) is 0 Å². The van der Waals surface area contributed by atoms with Gasteiger partial charge in [-0.2, -0.15) is 0 Å². The SMILES string of the molecule is O=C(Cn1c(=O)oc2ccccc21)N(c1ccccc1)C1CCCCC1. The molecule has 5 heteroatoms. The minimum Gasteiger partial charge on any atom is -0.408 e. The van der Waals surface area contributed by atoms with Crippen molar-refractivity contribution in [2.24, 2.45) is 0 Å². The molecule has 1 saturated carbocycles. The number of anilines is 1. The molecule has 1 aliphatic carbocycles.